The molecule has 2 heteroatoms. The van der Waals surface area contributed by atoms with Crippen LogP contribution in [0.4, 0.5) is 0 Å². The first-order chi connectivity index (χ1) is 7.16. The molecule has 1 aliphatic rings. The summed E-state index contributed by atoms with van der Waals surface area (Å²) in [7, 11) is 0. The van der Waals surface area contributed by atoms with Crippen LogP contribution in [-0.4, -0.2) is 10.2 Å². The molecule has 0 atom stereocenters. The molecule has 0 aromatic heterocycles. The van der Waals surface area contributed by atoms with Crippen molar-refractivity contribution in [3.63, 3.8) is 0 Å². The third-order valence-corrected chi connectivity index (χ3v) is 2.41. The van der Waals surface area contributed by atoms with Crippen molar-refractivity contribution >= 4 is 0 Å². The summed E-state index contributed by atoms with van der Waals surface area (Å²) < 4.78 is 0. The summed E-state index contributed by atoms with van der Waals surface area (Å²) in [5, 5.41) is 19.0. The van der Waals surface area contributed by atoms with Crippen molar-refractivity contribution in [1.82, 2.24) is 0 Å². The van der Waals surface area contributed by atoms with Gasteiger partial charge in [-0.2, -0.15) is 0 Å². The molecule has 0 saturated carbocycles. The van der Waals surface area contributed by atoms with Crippen molar-refractivity contribution < 1.29 is 10.2 Å². The van der Waals surface area contributed by atoms with Crippen molar-refractivity contribution in [2.45, 2.75) is 5.92 Å². The zero-order chi connectivity index (χ0) is 10.8. The van der Waals surface area contributed by atoms with E-state index in [0.717, 1.165) is 5.57 Å². The van der Waals surface area contributed by atoms with Gasteiger partial charge in [0.25, 0.3) is 0 Å². The van der Waals surface area contributed by atoms with Crippen molar-refractivity contribution in [3.8, 4) is 11.5 Å². The number of aromatic hydroxyl groups is 2. The van der Waals surface area contributed by atoms with Gasteiger partial charge in [-0.25, -0.2) is 0 Å². The Morgan fingerprint density at radius 3 is 2.40 bits per heavy atom. The first-order valence-corrected chi connectivity index (χ1v) is 4.74. The standard InChI is InChI=1S/C13H12O2/c1-9-2-4-10(5-3-9)12-8-11(14)6-7-13(12)15/h2-8,10,14-15H,1H2. The summed E-state index contributed by atoms with van der Waals surface area (Å²) >= 11 is 0. The SMILES string of the molecule is C=C1C=CC(c2cc(O)ccc2O)C=C1. The number of phenolic OH excluding ortho intramolecular Hbond substituents is 2. The largest absolute Gasteiger partial charge is 0.508 e. The number of rotatable bonds is 1. The molecule has 15 heavy (non-hydrogen) atoms. The van der Waals surface area contributed by atoms with E-state index in [1.165, 1.54) is 12.1 Å². The average Bonchev–Trinajstić information content (AvgIpc) is 2.23. The van der Waals surface area contributed by atoms with E-state index in [2.05, 4.69) is 6.58 Å². The second kappa shape index (κ2) is 3.65. The highest BCUT2D eigenvalue weighted by molar-refractivity contribution is 5.48. The van der Waals surface area contributed by atoms with E-state index < -0.39 is 0 Å². The van der Waals surface area contributed by atoms with Crippen LogP contribution in [0.25, 0.3) is 0 Å². The summed E-state index contributed by atoms with van der Waals surface area (Å²) in [5.41, 5.74) is 1.64. The molecule has 76 valence electrons. The number of benzene rings is 1. The molecule has 0 bridgehead atoms. The Kier molecular flexibility index (Phi) is 2.34. The molecule has 2 rings (SSSR count). The first-order valence-electron chi connectivity index (χ1n) is 4.74. The molecule has 0 saturated heterocycles. The van der Waals surface area contributed by atoms with E-state index >= 15 is 0 Å². The van der Waals surface area contributed by atoms with Crippen LogP contribution in [-0.2, 0) is 0 Å². The van der Waals surface area contributed by atoms with Crippen LogP contribution in [0.1, 0.15) is 11.5 Å². The lowest BCUT2D eigenvalue weighted by atomic mass is 9.93. The number of phenols is 2. The van der Waals surface area contributed by atoms with Crippen molar-refractivity contribution in [3.05, 3.63) is 60.2 Å². The van der Waals surface area contributed by atoms with Gasteiger partial charge in [0, 0.05) is 11.5 Å². The smallest absolute Gasteiger partial charge is 0.119 e. The van der Waals surface area contributed by atoms with Crippen LogP contribution in [0.5, 0.6) is 11.5 Å². The second-order valence-electron chi connectivity index (χ2n) is 3.56. The van der Waals surface area contributed by atoms with Gasteiger partial charge in [0.2, 0.25) is 0 Å². The van der Waals surface area contributed by atoms with Gasteiger partial charge in [-0.05, 0) is 23.8 Å². The highest BCUT2D eigenvalue weighted by Crippen LogP contribution is 2.32. The molecule has 0 unspecified atom stereocenters. The minimum Gasteiger partial charge on any atom is -0.508 e. The summed E-state index contributed by atoms with van der Waals surface area (Å²) in [6, 6.07) is 4.53. The minimum absolute atomic E-state index is 0.00241. The van der Waals surface area contributed by atoms with Gasteiger partial charge >= 0.3 is 0 Å². The fraction of sp³-hybridized carbons (Fsp3) is 0.0769. The van der Waals surface area contributed by atoms with E-state index in [1.54, 1.807) is 6.07 Å². The van der Waals surface area contributed by atoms with E-state index in [9.17, 15) is 10.2 Å². The third kappa shape index (κ3) is 1.94. The monoisotopic (exact) mass is 200 g/mol. The fourth-order valence-corrected chi connectivity index (χ4v) is 1.59. The van der Waals surface area contributed by atoms with Crippen molar-refractivity contribution in [1.29, 1.82) is 0 Å². The van der Waals surface area contributed by atoms with Gasteiger partial charge in [-0.15, -0.1) is 0 Å². The number of hydrogen-bond acceptors (Lipinski definition) is 2. The van der Waals surface area contributed by atoms with Gasteiger partial charge in [-0.1, -0.05) is 30.9 Å². The van der Waals surface area contributed by atoms with E-state index in [4.69, 9.17) is 0 Å². The normalized spacial score (nSPS) is 15.9. The van der Waals surface area contributed by atoms with Gasteiger partial charge < -0.3 is 10.2 Å². The first kappa shape index (κ1) is 9.59. The second-order valence-corrected chi connectivity index (χ2v) is 3.56. The molecule has 0 heterocycles. The van der Waals surface area contributed by atoms with E-state index in [0.29, 0.717) is 5.56 Å². The molecule has 1 aromatic carbocycles. The maximum atomic E-state index is 9.65. The van der Waals surface area contributed by atoms with Crippen LogP contribution >= 0.6 is 0 Å². The molecule has 0 amide bonds. The third-order valence-electron chi connectivity index (χ3n) is 2.41. The highest BCUT2D eigenvalue weighted by Gasteiger charge is 2.12. The van der Waals surface area contributed by atoms with E-state index in [1.807, 2.05) is 24.3 Å². The molecular formula is C13H12O2. The lowest BCUT2D eigenvalue weighted by molar-refractivity contribution is 0.454. The maximum Gasteiger partial charge on any atom is 0.119 e. The Morgan fingerprint density at radius 2 is 1.73 bits per heavy atom. The zero-order valence-electron chi connectivity index (χ0n) is 8.22. The Hall–Kier alpha value is -1.96. The quantitative estimate of drug-likeness (QED) is 0.684. The number of hydrogen-bond donors (Lipinski definition) is 2. The predicted molar refractivity (Wildman–Crippen MR) is 59.9 cm³/mol. The van der Waals surface area contributed by atoms with Crippen LogP contribution < -0.4 is 0 Å². The molecule has 0 aliphatic heterocycles. The van der Waals surface area contributed by atoms with Crippen molar-refractivity contribution in [2.24, 2.45) is 0 Å². The molecule has 0 radical (unpaired) electrons. The Balaban J connectivity index is 2.38. The van der Waals surface area contributed by atoms with Crippen LogP contribution in [0, 0.1) is 0 Å². The number of allylic oxidation sites excluding steroid dienone is 5. The molecule has 0 fully saturated rings. The average molecular weight is 200 g/mol. The summed E-state index contributed by atoms with van der Waals surface area (Å²) in [5.74, 6) is 0.358. The molecule has 1 aliphatic carbocycles. The topological polar surface area (TPSA) is 40.5 Å². The van der Waals surface area contributed by atoms with Gasteiger partial charge in [-0.3, -0.25) is 0 Å². The Labute approximate surface area is 88.5 Å². The zero-order valence-corrected chi connectivity index (χ0v) is 8.22. The minimum atomic E-state index is 0.00241. The lowest BCUT2D eigenvalue weighted by Gasteiger charge is -2.14. The molecule has 1 aromatic rings. The lowest BCUT2D eigenvalue weighted by Crippen LogP contribution is -1.95. The van der Waals surface area contributed by atoms with Crippen LogP contribution in [0.2, 0.25) is 0 Å². The van der Waals surface area contributed by atoms with E-state index in [-0.39, 0.29) is 17.4 Å². The Bertz CT molecular complexity index is 440. The fourth-order valence-electron chi connectivity index (χ4n) is 1.59. The Morgan fingerprint density at radius 1 is 1.07 bits per heavy atom. The van der Waals surface area contributed by atoms with Crippen LogP contribution in [0.15, 0.2) is 54.7 Å². The maximum absolute atomic E-state index is 9.65. The predicted octanol–water partition coefficient (Wildman–Crippen LogP) is 2.86. The van der Waals surface area contributed by atoms with Crippen LogP contribution in [0.3, 0.4) is 0 Å². The molecule has 0 spiro atoms. The van der Waals surface area contributed by atoms with Gasteiger partial charge in [0.1, 0.15) is 11.5 Å². The molecular weight excluding hydrogens is 188 g/mol. The summed E-state index contributed by atoms with van der Waals surface area (Å²) in [6.45, 7) is 3.80. The molecule has 2 nitrogen and oxygen atoms in total. The summed E-state index contributed by atoms with van der Waals surface area (Å²) in [4.78, 5) is 0. The van der Waals surface area contributed by atoms with Gasteiger partial charge in [0.15, 0.2) is 0 Å². The summed E-state index contributed by atoms with van der Waals surface area (Å²) in [6.07, 6.45) is 7.68. The molecule has 2 N–H and O–H groups in total. The van der Waals surface area contributed by atoms with Gasteiger partial charge in [0.05, 0.1) is 0 Å². The highest BCUT2D eigenvalue weighted by atomic mass is 16.3. The van der Waals surface area contributed by atoms with Crippen molar-refractivity contribution in [2.75, 3.05) is 0 Å².